The highest BCUT2D eigenvalue weighted by Gasteiger charge is 2.29. The summed E-state index contributed by atoms with van der Waals surface area (Å²) in [6, 6.07) is 7.24. The Morgan fingerprint density at radius 3 is 2.19 bits per heavy atom. The van der Waals surface area contributed by atoms with Gasteiger partial charge in [-0.15, -0.1) is 0 Å². The van der Waals surface area contributed by atoms with Crippen LogP contribution in [-0.2, 0) is 9.59 Å². The molecule has 0 saturated carbocycles. The molecule has 16 heavy (non-hydrogen) atoms. The maximum absolute atomic E-state index is 11.4. The molecular weight excluding hydrogens is 226 g/mol. The molecule has 1 aliphatic heterocycles. The van der Waals surface area contributed by atoms with Gasteiger partial charge in [-0.1, -0.05) is 0 Å². The minimum atomic E-state index is -0.120. The third kappa shape index (κ3) is 2.19. The fourth-order valence-corrected chi connectivity index (χ4v) is 2.25. The average Bonchev–Trinajstić information content (AvgIpc) is 2.62. The van der Waals surface area contributed by atoms with Crippen LogP contribution in [0, 0.1) is 0 Å². The number of carbonyl (C=O) groups is 2. The van der Waals surface area contributed by atoms with Gasteiger partial charge in [-0.25, -0.2) is 4.31 Å². The average molecular weight is 237 g/mol. The largest absolute Gasteiger partial charge is 0.497 e. The molecule has 2 amide bonds. The Bertz CT molecular complexity index is 400. The van der Waals surface area contributed by atoms with Gasteiger partial charge in [0.25, 0.3) is 0 Å². The van der Waals surface area contributed by atoms with Gasteiger partial charge in [0.15, 0.2) is 0 Å². The van der Waals surface area contributed by atoms with E-state index in [2.05, 4.69) is 0 Å². The summed E-state index contributed by atoms with van der Waals surface area (Å²) in [5.41, 5.74) is 0. The fourth-order valence-electron chi connectivity index (χ4n) is 1.40. The Morgan fingerprint density at radius 2 is 1.69 bits per heavy atom. The first-order valence-corrected chi connectivity index (χ1v) is 5.66. The zero-order valence-corrected chi connectivity index (χ0v) is 9.62. The lowest BCUT2D eigenvalue weighted by Gasteiger charge is -2.11. The molecule has 1 fully saturated rings. The highest BCUT2D eigenvalue weighted by molar-refractivity contribution is 7.98. The predicted molar refractivity (Wildman–Crippen MR) is 59.9 cm³/mol. The molecule has 0 aromatic heterocycles. The second-order valence-electron chi connectivity index (χ2n) is 3.35. The number of amides is 2. The standard InChI is InChI=1S/C11H11NO3S/c1-15-8-2-4-9(5-3-8)16-12-10(13)6-7-11(12)14/h2-5H,6-7H2,1H3. The van der Waals surface area contributed by atoms with Crippen LogP contribution in [0.4, 0.5) is 0 Å². The van der Waals surface area contributed by atoms with Gasteiger partial charge >= 0.3 is 0 Å². The van der Waals surface area contributed by atoms with E-state index in [4.69, 9.17) is 4.74 Å². The van der Waals surface area contributed by atoms with Crippen molar-refractivity contribution in [3.8, 4) is 5.75 Å². The monoisotopic (exact) mass is 237 g/mol. The highest BCUT2D eigenvalue weighted by atomic mass is 32.2. The van der Waals surface area contributed by atoms with Crippen molar-refractivity contribution in [2.75, 3.05) is 7.11 Å². The second kappa shape index (κ2) is 4.57. The summed E-state index contributed by atoms with van der Waals surface area (Å²) in [5, 5.41) is 0. The molecule has 0 unspecified atom stereocenters. The fraction of sp³-hybridized carbons (Fsp3) is 0.273. The van der Waals surface area contributed by atoms with Crippen LogP contribution in [-0.4, -0.2) is 23.2 Å². The first-order chi connectivity index (χ1) is 7.70. The van der Waals surface area contributed by atoms with Crippen LogP contribution >= 0.6 is 11.9 Å². The first kappa shape index (κ1) is 11.0. The van der Waals surface area contributed by atoms with E-state index in [9.17, 15) is 9.59 Å². The number of rotatable bonds is 3. The molecule has 0 spiro atoms. The molecule has 1 aromatic rings. The van der Waals surface area contributed by atoms with Crippen LogP contribution in [0.3, 0.4) is 0 Å². The topological polar surface area (TPSA) is 46.6 Å². The molecule has 0 radical (unpaired) electrons. The Labute approximate surface area is 97.7 Å². The number of hydrogen-bond acceptors (Lipinski definition) is 4. The summed E-state index contributed by atoms with van der Waals surface area (Å²) < 4.78 is 6.25. The van der Waals surface area contributed by atoms with Crippen LogP contribution in [0.5, 0.6) is 5.75 Å². The molecule has 5 heteroatoms. The smallest absolute Gasteiger partial charge is 0.240 e. The van der Waals surface area contributed by atoms with Crippen LogP contribution in [0.1, 0.15) is 12.8 Å². The summed E-state index contributed by atoms with van der Waals surface area (Å²) in [6.07, 6.45) is 0.643. The lowest BCUT2D eigenvalue weighted by Crippen LogP contribution is -2.20. The number of benzene rings is 1. The van der Waals surface area contributed by atoms with Gasteiger partial charge in [-0.2, -0.15) is 0 Å². The van der Waals surface area contributed by atoms with E-state index in [1.807, 2.05) is 12.1 Å². The van der Waals surface area contributed by atoms with Crippen molar-refractivity contribution in [3.05, 3.63) is 24.3 Å². The van der Waals surface area contributed by atoms with Crippen molar-refractivity contribution < 1.29 is 14.3 Å². The van der Waals surface area contributed by atoms with Crippen molar-refractivity contribution in [2.24, 2.45) is 0 Å². The van der Waals surface area contributed by atoms with Gasteiger partial charge in [0.1, 0.15) is 5.75 Å². The number of methoxy groups -OCH3 is 1. The first-order valence-electron chi connectivity index (χ1n) is 4.88. The summed E-state index contributed by atoms with van der Waals surface area (Å²) in [6.45, 7) is 0. The van der Waals surface area contributed by atoms with Crippen molar-refractivity contribution in [3.63, 3.8) is 0 Å². The normalized spacial score (nSPS) is 15.7. The van der Waals surface area contributed by atoms with Gasteiger partial charge in [-0.05, 0) is 36.2 Å². The highest BCUT2D eigenvalue weighted by Crippen LogP contribution is 2.29. The summed E-state index contributed by atoms with van der Waals surface area (Å²) in [7, 11) is 1.59. The SMILES string of the molecule is COc1ccc(SN2C(=O)CCC2=O)cc1. The van der Waals surface area contributed by atoms with E-state index in [-0.39, 0.29) is 11.8 Å². The van der Waals surface area contributed by atoms with Crippen LogP contribution in [0.2, 0.25) is 0 Å². The molecule has 1 aliphatic rings. The molecule has 0 aliphatic carbocycles. The molecule has 1 aromatic carbocycles. The maximum atomic E-state index is 11.4. The van der Waals surface area contributed by atoms with E-state index in [0.29, 0.717) is 12.8 Å². The van der Waals surface area contributed by atoms with Gasteiger partial charge in [0.05, 0.1) is 7.11 Å². The predicted octanol–water partition coefficient (Wildman–Crippen LogP) is 1.85. The Morgan fingerprint density at radius 1 is 1.12 bits per heavy atom. The minimum Gasteiger partial charge on any atom is -0.497 e. The summed E-state index contributed by atoms with van der Waals surface area (Å²) in [5.74, 6) is 0.514. The Hall–Kier alpha value is -1.49. The molecule has 0 atom stereocenters. The molecule has 1 heterocycles. The molecule has 84 valence electrons. The lowest BCUT2D eigenvalue weighted by atomic mass is 10.3. The second-order valence-corrected chi connectivity index (χ2v) is 4.37. The molecule has 2 rings (SSSR count). The molecule has 0 bridgehead atoms. The van der Waals surface area contributed by atoms with Gasteiger partial charge in [0.2, 0.25) is 11.8 Å². The van der Waals surface area contributed by atoms with Crippen molar-refractivity contribution in [1.29, 1.82) is 0 Å². The lowest BCUT2D eigenvalue weighted by molar-refractivity contribution is -0.131. The van der Waals surface area contributed by atoms with Crippen molar-refractivity contribution in [1.82, 2.24) is 4.31 Å². The third-order valence-electron chi connectivity index (χ3n) is 2.26. The van der Waals surface area contributed by atoms with E-state index in [0.717, 1.165) is 10.6 Å². The van der Waals surface area contributed by atoms with Crippen LogP contribution < -0.4 is 4.74 Å². The van der Waals surface area contributed by atoms with Gasteiger partial charge < -0.3 is 4.74 Å². The van der Waals surface area contributed by atoms with E-state index in [1.54, 1.807) is 19.2 Å². The number of imide groups is 1. The molecule has 0 N–H and O–H groups in total. The van der Waals surface area contributed by atoms with Gasteiger partial charge in [0, 0.05) is 17.7 Å². The molecule has 1 saturated heterocycles. The number of carbonyl (C=O) groups excluding carboxylic acids is 2. The molecule has 4 nitrogen and oxygen atoms in total. The van der Waals surface area contributed by atoms with Crippen molar-refractivity contribution in [2.45, 2.75) is 17.7 Å². The van der Waals surface area contributed by atoms with E-state index >= 15 is 0 Å². The number of ether oxygens (including phenoxy) is 1. The Kier molecular flexibility index (Phi) is 3.14. The minimum absolute atomic E-state index is 0.120. The van der Waals surface area contributed by atoms with Crippen LogP contribution in [0.15, 0.2) is 29.2 Å². The van der Waals surface area contributed by atoms with E-state index < -0.39 is 0 Å². The Balaban J connectivity index is 2.08. The summed E-state index contributed by atoms with van der Waals surface area (Å²) >= 11 is 1.17. The summed E-state index contributed by atoms with van der Waals surface area (Å²) in [4.78, 5) is 23.6. The van der Waals surface area contributed by atoms with Crippen molar-refractivity contribution >= 4 is 23.8 Å². The zero-order valence-electron chi connectivity index (χ0n) is 8.80. The zero-order chi connectivity index (χ0) is 11.5. The number of nitrogens with zero attached hydrogens (tertiary/aromatic N) is 1. The number of hydrogen-bond donors (Lipinski definition) is 0. The van der Waals surface area contributed by atoms with Crippen LogP contribution in [0.25, 0.3) is 0 Å². The maximum Gasteiger partial charge on any atom is 0.240 e. The van der Waals surface area contributed by atoms with E-state index in [1.165, 1.54) is 16.3 Å². The van der Waals surface area contributed by atoms with Gasteiger partial charge in [-0.3, -0.25) is 9.59 Å². The third-order valence-corrected chi connectivity index (χ3v) is 3.33. The quantitative estimate of drug-likeness (QED) is 0.594. The molecular formula is C11H11NO3S.